The number of benzene rings is 4. The number of para-hydroxylation sites is 3. The second-order valence-corrected chi connectivity index (χ2v) is 7.38. The molecule has 0 aromatic heterocycles. The summed E-state index contributed by atoms with van der Waals surface area (Å²) in [6.45, 7) is 0. The first-order valence-corrected chi connectivity index (χ1v) is 9.83. The second-order valence-electron chi connectivity index (χ2n) is 7.38. The molecule has 0 radical (unpaired) electrons. The highest BCUT2D eigenvalue weighted by Crippen LogP contribution is 2.56. The maximum Gasteiger partial charge on any atom is 0.342 e. The number of hydrogen-bond donors (Lipinski definition) is 1. The van der Waals surface area contributed by atoms with Crippen molar-refractivity contribution in [2.45, 2.75) is 5.60 Å². The van der Waals surface area contributed by atoms with Crippen molar-refractivity contribution in [3.8, 4) is 11.5 Å². The van der Waals surface area contributed by atoms with Crippen LogP contribution in [0.5, 0.6) is 11.5 Å². The summed E-state index contributed by atoms with van der Waals surface area (Å²) in [6, 6.07) is 31.1. The van der Waals surface area contributed by atoms with E-state index in [0.29, 0.717) is 17.1 Å². The molecule has 1 N–H and O–H groups in total. The number of rotatable bonds is 2. The van der Waals surface area contributed by atoms with Crippen molar-refractivity contribution in [3.05, 3.63) is 119 Å². The fraction of sp³-hybridized carbons (Fsp3) is 0.0385. The summed E-state index contributed by atoms with van der Waals surface area (Å²) in [7, 11) is 0. The topological polar surface area (TPSA) is 47.6 Å². The van der Waals surface area contributed by atoms with Gasteiger partial charge in [-0.3, -0.25) is 0 Å². The average molecular weight is 391 g/mol. The van der Waals surface area contributed by atoms with Crippen LogP contribution in [0.4, 0.5) is 11.4 Å². The van der Waals surface area contributed by atoms with E-state index in [1.165, 1.54) is 0 Å². The van der Waals surface area contributed by atoms with Gasteiger partial charge in [0.1, 0.15) is 11.5 Å². The molecule has 4 aromatic rings. The Morgan fingerprint density at radius 3 is 1.93 bits per heavy atom. The molecule has 0 saturated heterocycles. The summed E-state index contributed by atoms with van der Waals surface area (Å²) >= 11 is 0. The quantitative estimate of drug-likeness (QED) is 0.426. The standard InChI is InChI=1S/C26H17NO3/c28-25-24-20(13-8-14-21(24)27-17-9-2-1-3-10-17)26(30-25)18-11-4-6-15-22(18)29-23-16-7-5-12-19(23)26/h1-16,27H. The molecule has 0 amide bonds. The third-order valence-corrected chi connectivity index (χ3v) is 5.70. The van der Waals surface area contributed by atoms with Gasteiger partial charge in [0.15, 0.2) is 5.60 Å². The maximum absolute atomic E-state index is 13.3. The van der Waals surface area contributed by atoms with Crippen LogP contribution in [0.25, 0.3) is 0 Å². The Bertz CT molecular complexity index is 1250. The van der Waals surface area contributed by atoms with Crippen LogP contribution in [0.2, 0.25) is 0 Å². The molecule has 2 heterocycles. The van der Waals surface area contributed by atoms with E-state index in [2.05, 4.69) is 5.32 Å². The minimum Gasteiger partial charge on any atom is -0.456 e. The Balaban J connectivity index is 1.62. The predicted molar refractivity (Wildman–Crippen MR) is 114 cm³/mol. The Morgan fingerprint density at radius 1 is 0.633 bits per heavy atom. The summed E-state index contributed by atoms with van der Waals surface area (Å²) in [5.74, 6) is 1.03. The number of carbonyl (C=O) groups is 1. The third kappa shape index (κ3) is 2.25. The van der Waals surface area contributed by atoms with E-state index in [1.807, 2.05) is 97.1 Å². The summed E-state index contributed by atoms with van der Waals surface area (Å²) in [4.78, 5) is 13.3. The van der Waals surface area contributed by atoms with Crippen LogP contribution in [-0.4, -0.2) is 5.97 Å². The number of esters is 1. The molecule has 4 aromatic carbocycles. The van der Waals surface area contributed by atoms with E-state index >= 15 is 0 Å². The molecule has 2 aliphatic rings. The van der Waals surface area contributed by atoms with E-state index in [1.54, 1.807) is 0 Å². The molecule has 2 aliphatic heterocycles. The van der Waals surface area contributed by atoms with Crippen molar-refractivity contribution in [1.29, 1.82) is 0 Å². The lowest BCUT2D eigenvalue weighted by molar-refractivity contribution is 0.0225. The fourth-order valence-electron chi connectivity index (χ4n) is 4.45. The van der Waals surface area contributed by atoms with Crippen LogP contribution in [0.15, 0.2) is 97.1 Å². The van der Waals surface area contributed by atoms with Gasteiger partial charge in [-0.25, -0.2) is 4.79 Å². The van der Waals surface area contributed by atoms with Gasteiger partial charge in [0.05, 0.1) is 11.3 Å². The minimum atomic E-state index is -1.04. The predicted octanol–water partition coefficient (Wildman–Crippen LogP) is 6.00. The normalized spacial score (nSPS) is 14.9. The first-order chi connectivity index (χ1) is 14.8. The number of hydrogen-bond acceptors (Lipinski definition) is 4. The summed E-state index contributed by atoms with van der Waals surface area (Å²) in [6.07, 6.45) is 0. The van der Waals surface area contributed by atoms with Crippen molar-refractivity contribution < 1.29 is 14.3 Å². The van der Waals surface area contributed by atoms with Crippen molar-refractivity contribution in [2.75, 3.05) is 5.32 Å². The monoisotopic (exact) mass is 391 g/mol. The molecule has 1 spiro atoms. The van der Waals surface area contributed by atoms with Gasteiger partial charge in [-0.05, 0) is 30.3 Å². The van der Waals surface area contributed by atoms with Crippen LogP contribution >= 0.6 is 0 Å². The average Bonchev–Trinajstić information content (AvgIpc) is 3.09. The molecule has 4 heteroatoms. The van der Waals surface area contributed by atoms with Gasteiger partial charge in [-0.2, -0.15) is 0 Å². The Labute approximate surface area is 173 Å². The smallest absolute Gasteiger partial charge is 0.342 e. The molecular weight excluding hydrogens is 374 g/mol. The first-order valence-electron chi connectivity index (χ1n) is 9.83. The molecule has 0 saturated carbocycles. The molecule has 0 bridgehead atoms. The van der Waals surface area contributed by atoms with E-state index in [-0.39, 0.29) is 5.97 Å². The Morgan fingerprint density at radius 2 is 1.23 bits per heavy atom. The maximum atomic E-state index is 13.3. The van der Waals surface area contributed by atoms with Gasteiger partial charge >= 0.3 is 5.97 Å². The van der Waals surface area contributed by atoms with E-state index < -0.39 is 5.60 Å². The van der Waals surface area contributed by atoms with Crippen LogP contribution in [0, 0.1) is 0 Å². The van der Waals surface area contributed by atoms with Gasteiger partial charge in [0.2, 0.25) is 0 Å². The summed E-state index contributed by atoms with van der Waals surface area (Å²) < 4.78 is 12.4. The SMILES string of the molecule is O=C1OC2(c3ccccc3Oc3ccccc32)c2cccc(Nc3ccccc3)c21. The largest absolute Gasteiger partial charge is 0.456 e. The van der Waals surface area contributed by atoms with Crippen LogP contribution in [-0.2, 0) is 10.3 Å². The van der Waals surface area contributed by atoms with E-state index in [0.717, 1.165) is 28.1 Å². The molecule has 0 fully saturated rings. The lowest BCUT2D eigenvalue weighted by Gasteiger charge is -2.36. The van der Waals surface area contributed by atoms with Gasteiger partial charge in [0.25, 0.3) is 0 Å². The zero-order chi connectivity index (χ0) is 20.1. The molecule has 0 aliphatic carbocycles. The molecule has 4 nitrogen and oxygen atoms in total. The number of ether oxygens (including phenoxy) is 2. The van der Waals surface area contributed by atoms with Crippen molar-refractivity contribution >= 4 is 17.3 Å². The lowest BCUT2D eigenvalue weighted by atomic mass is 9.77. The van der Waals surface area contributed by atoms with Crippen molar-refractivity contribution in [3.63, 3.8) is 0 Å². The first kappa shape index (κ1) is 16.9. The molecule has 30 heavy (non-hydrogen) atoms. The van der Waals surface area contributed by atoms with Crippen molar-refractivity contribution in [1.82, 2.24) is 0 Å². The van der Waals surface area contributed by atoms with E-state index in [9.17, 15) is 4.79 Å². The van der Waals surface area contributed by atoms with Gasteiger partial charge in [-0.1, -0.05) is 66.7 Å². The highest BCUT2D eigenvalue weighted by atomic mass is 16.6. The Kier molecular flexibility index (Phi) is 3.50. The Hall–Kier alpha value is -4.05. The summed E-state index contributed by atoms with van der Waals surface area (Å²) in [5.41, 5.74) is 3.62. The molecule has 0 atom stereocenters. The number of fused-ring (bicyclic) bond motifs is 6. The van der Waals surface area contributed by atoms with Gasteiger partial charge in [0, 0.05) is 22.4 Å². The zero-order valence-corrected chi connectivity index (χ0v) is 16.0. The number of nitrogens with one attached hydrogen (secondary N) is 1. The molecule has 6 rings (SSSR count). The zero-order valence-electron chi connectivity index (χ0n) is 16.0. The van der Waals surface area contributed by atoms with E-state index in [4.69, 9.17) is 9.47 Å². The van der Waals surface area contributed by atoms with Crippen LogP contribution < -0.4 is 10.1 Å². The second kappa shape index (κ2) is 6.22. The van der Waals surface area contributed by atoms with Gasteiger partial charge < -0.3 is 14.8 Å². The fourth-order valence-corrected chi connectivity index (χ4v) is 4.45. The minimum absolute atomic E-state index is 0.351. The third-order valence-electron chi connectivity index (χ3n) is 5.70. The van der Waals surface area contributed by atoms with Crippen LogP contribution in [0.1, 0.15) is 27.0 Å². The summed E-state index contributed by atoms with van der Waals surface area (Å²) in [5, 5.41) is 3.37. The molecule has 144 valence electrons. The number of carbonyl (C=O) groups excluding carboxylic acids is 1. The lowest BCUT2D eigenvalue weighted by Crippen LogP contribution is -2.32. The highest BCUT2D eigenvalue weighted by molar-refractivity contribution is 6.03. The van der Waals surface area contributed by atoms with Crippen molar-refractivity contribution in [2.24, 2.45) is 0 Å². The highest BCUT2D eigenvalue weighted by Gasteiger charge is 2.54. The van der Waals surface area contributed by atoms with Gasteiger partial charge in [-0.15, -0.1) is 0 Å². The van der Waals surface area contributed by atoms with Crippen LogP contribution in [0.3, 0.4) is 0 Å². The molecular formula is C26H17NO3. The number of anilines is 2. The molecule has 0 unspecified atom stereocenters.